The molecule has 0 aliphatic heterocycles. The molecular weight excluding hydrogens is 210 g/mol. The summed E-state index contributed by atoms with van der Waals surface area (Å²) in [4.78, 5) is 10.5. The molecule has 0 heterocycles. The maximum Gasteiger partial charge on any atom is 0.335 e. The van der Waals surface area contributed by atoms with Crippen LogP contribution in [0.4, 0.5) is 5.69 Å². The Balaban J connectivity index is 3.10. The van der Waals surface area contributed by atoms with Crippen LogP contribution in [0.3, 0.4) is 0 Å². The Labute approximate surface area is 93.1 Å². The highest BCUT2D eigenvalue weighted by Gasteiger charge is 2.25. The number of hydrogen-bond donors (Lipinski definition) is 4. The molecule has 16 heavy (non-hydrogen) atoms. The quantitative estimate of drug-likeness (QED) is 0.556. The van der Waals surface area contributed by atoms with Crippen molar-refractivity contribution >= 4 is 11.7 Å². The van der Waals surface area contributed by atoms with Crippen molar-refractivity contribution in [3.8, 4) is 0 Å². The zero-order chi connectivity index (χ0) is 12.5. The first-order valence-electron chi connectivity index (χ1n) is 4.80. The van der Waals surface area contributed by atoms with Crippen LogP contribution in [-0.4, -0.2) is 27.4 Å². The van der Waals surface area contributed by atoms with Gasteiger partial charge in [-0.3, -0.25) is 0 Å². The standard InChI is InChI=1S/C11H15NO4/c1-5-3-7(4-6(2)8(5)12)9(13)10(14)11(15)16/h3-4,9-10,13-14H,12H2,1-2H3,(H,15,16). The molecule has 0 saturated heterocycles. The Kier molecular flexibility index (Phi) is 3.51. The number of aliphatic carboxylic acids is 1. The van der Waals surface area contributed by atoms with E-state index < -0.39 is 18.2 Å². The maximum atomic E-state index is 10.5. The monoisotopic (exact) mass is 225 g/mol. The van der Waals surface area contributed by atoms with Crippen LogP contribution in [0, 0.1) is 13.8 Å². The molecule has 5 N–H and O–H groups in total. The predicted octanol–water partition coefficient (Wildman–Crippen LogP) is 0.365. The van der Waals surface area contributed by atoms with Crippen LogP contribution in [0.2, 0.25) is 0 Å². The molecule has 5 heteroatoms. The van der Waals surface area contributed by atoms with Gasteiger partial charge in [-0.2, -0.15) is 0 Å². The van der Waals surface area contributed by atoms with Crippen LogP contribution in [0.5, 0.6) is 0 Å². The fourth-order valence-corrected chi connectivity index (χ4v) is 1.50. The third kappa shape index (κ3) is 2.32. The molecule has 1 aromatic rings. The fourth-order valence-electron chi connectivity index (χ4n) is 1.50. The summed E-state index contributed by atoms with van der Waals surface area (Å²) < 4.78 is 0. The lowest BCUT2D eigenvalue weighted by molar-refractivity contribution is -0.153. The second kappa shape index (κ2) is 4.51. The maximum absolute atomic E-state index is 10.5. The van der Waals surface area contributed by atoms with E-state index in [0.717, 1.165) is 11.1 Å². The van der Waals surface area contributed by atoms with Crippen molar-refractivity contribution in [1.29, 1.82) is 0 Å². The number of hydrogen-bond acceptors (Lipinski definition) is 4. The van der Waals surface area contributed by atoms with Crippen LogP contribution in [0.1, 0.15) is 22.8 Å². The van der Waals surface area contributed by atoms with Gasteiger partial charge in [-0.05, 0) is 30.5 Å². The lowest BCUT2D eigenvalue weighted by atomic mass is 9.98. The molecule has 0 fully saturated rings. The zero-order valence-corrected chi connectivity index (χ0v) is 9.14. The molecule has 5 nitrogen and oxygen atoms in total. The molecule has 1 rings (SSSR count). The van der Waals surface area contributed by atoms with Gasteiger partial charge in [-0.25, -0.2) is 4.79 Å². The van der Waals surface area contributed by atoms with Crippen LogP contribution in [-0.2, 0) is 4.79 Å². The number of carboxylic acid groups (broad SMARTS) is 1. The van der Waals surface area contributed by atoms with Crippen LogP contribution in [0.25, 0.3) is 0 Å². The van der Waals surface area contributed by atoms with Gasteiger partial charge in [0, 0.05) is 5.69 Å². The third-order valence-corrected chi connectivity index (χ3v) is 2.51. The van der Waals surface area contributed by atoms with Crippen molar-refractivity contribution in [2.24, 2.45) is 0 Å². The number of aliphatic hydroxyl groups is 2. The highest BCUT2D eigenvalue weighted by atomic mass is 16.4. The van der Waals surface area contributed by atoms with Crippen molar-refractivity contribution in [3.05, 3.63) is 28.8 Å². The minimum absolute atomic E-state index is 0.346. The van der Waals surface area contributed by atoms with Gasteiger partial charge in [-0.1, -0.05) is 12.1 Å². The van der Waals surface area contributed by atoms with E-state index in [1.54, 1.807) is 26.0 Å². The molecule has 0 bridgehead atoms. The lowest BCUT2D eigenvalue weighted by Crippen LogP contribution is -2.27. The first kappa shape index (κ1) is 12.5. The second-order valence-electron chi connectivity index (χ2n) is 3.80. The van der Waals surface area contributed by atoms with Crippen LogP contribution in [0.15, 0.2) is 12.1 Å². The van der Waals surface area contributed by atoms with Crippen LogP contribution >= 0.6 is 0 Å². The van der Waals surface area contributed by atoms with E-state index >= 15 is 0 Å². The minimum Gasteiger partial charge on any atom is -0.479 e. The summed E-state index contributed by atoms with van der Waals surface area (Å²) in [5, 5.41) is 27.4. The first-order chi connectivity index (χ1) is 7.34. The molecule has 0 spiro atoms. The summed E-state index contributed by atoms with van der Waals surface area (Å²) in [6.07, 6.45) is -3.28. The van der Waals surface area contributed by atoms with Crippen molar-refractivity contribution in [2.45, 2.75) is 26.1 Å². The van der Waals surface area contributed by atoms with E-state index in [1.807, 2.05) is 0 Å². The Bertz CT molecular complexity index is 393. The zero-order valence-electron chi connectivity index (χ0n) is 9.14. The number of carbonyl (C=O) groups is 1. The number of nitrogens with two attached hydrogens (primary N) is 1. The molecule has 2 atom stereocenters. The Hall–Kier alpha value is -1.59. The minimum atomic E-state index is -1.83. The summed E-state index contributed by atoms with van der Waals surface area (Å²) in [5.41, 5.74) is 8.16. The van der Waals surface area contributed by atoms with Gasteiger partial charge in [-0.15, -0.1) is 0 Å². The number of aliphatic hydroxyl groups excluding tert-OH is 2. The van der Waals surface area contributed by atoms with Gasteiger partial charge in [0.2, 0.25) is 0 Å². The molecule has 0 saturated carbocycles. The van der Waals surface area contributed by atoms with Gasteiger partial charge in [0.05, 0.1) is 0 Å². The Morgan fingerprint density at radius 2 is 1.69 bits per heavy atom. The first-order valence-corrected chi connectivity index (χ1v) is 4.80. The molecule has 0 aliphatic carbocycles. The predicted molar refractivity (Wildman–Crippen MR) is 58.9 cm³/mol. The summed E-state index contributed by atoms with van der Waals surface area (Å²) in [6, 6.07) is 3.14. The summed E-state index contributed by atoms with van der Waals surface area (Å²) in [7, 11) is 0. The molecule has 88 valence electrons. The largest absolute Gasteiger partial charge is 0.479 e. The third-order valence-electron chi connectivity index (χ3n) is 2.51. The van der Waals surface area contributed by atoms with E-state index in [-0.39, 0.29) is 0 Å². The molecule has 0 aromatic heterocycles. The number of carboxylic acids is 1. The van der Waals surface area contributed by atoms with E-state index in [9.17, 15) is 15.0 Å². The Morgan fingerprint density at radius 3 is 2.06 bits per heavy atom. The molecule has 2 unspecified atom stereocenters. The number of nitrogen functional groups attached to an aromatic ring is 1. The Morgan fingerprint density at radius 1 is 1.25 bits per heavy atom. The smallest absolute Gasteiger partial charge is 0.335 e. The van der Waals surface area contributed by atoms with E-state index in [1.165, 1.54) is 0 Å². The molecular formula is C11H15NO4. The highest BCUT2D eigenvalue weighted by molar-refractivity contribution is 5.73. The summed E-state index contributed by atoms with van der Waals surface area (Å²) >= 11 is 0. The van der Waals surface area contributed by atoms with Gasteiger partial charge in [0.25, 0.3) is 0 Å². The lowest BCUT2D eigenvalue weighted by Gasteiger charge is -2.16. The molecule has 0 amide bonds. The average Bonchev–Trinajstić information content (AvgIpc) is 2.22. The number of benzene rings is 1. The van der Waals surface area contributed by atoms with E-state index in [2.05, 4.69) is 0 Å². The molecule has 0 aliphatic rings. The summed E-state index contributed by atoms with van der Waals surface area (Å²) in [5.74, 6) is -1.46. The van der Waals surface area contributed by atoms with E-state index in [4.69, 9.17) is 10.8 Å². The highest BCUT2D eigenvalue weighted by Crippen LogP contribution is 2.24. The molecule has 1 aromatic carbocycles. The topological polar surface area (TPSA) is 104 Å². The second-order valence-corrected chi connectivity index (χ2v) is 3.80. The average molecular weight is 225 g/mol. The van der Waals surface area contributed by atoms with Gasteiger partial charge >= 0.3 is 5.97 Å². The van der Waals surface area contributed by atoms with Crippen molar-refractivity contribution in [2.75, 3.05) is 5.73 Å². The van der Waals surface area contributed by atoms with Crippen molar-refractivity contribution in [1.82, 2.24) is 0 Å². The summed E-state index contributed by atoms with van der Waals surface area (Å²) in [6.45, 7) is 3.51. The van der Waals surface area contributed by atoms with E-state index in [0.29, 0.717) is 11.3 Å². The van der Waals surface area contributed by atoms with Crippen molar-refractivity contribution in [3.63, 3.8) is 0 Å². The van der Waals surface area contributed by atoms with Gasteiger partial charge in [0.1, 0.15) is 6.10 Å². The van der Waals surface area contributed by atoms with Gasteiger partial charge in [0.15, 0.2) is 6.10 Å². The SMILES string of the molecule is Cc1cc(C(O)C(O)C(=O)O)cc(C)c1N. The van der Waals surface area contributed by atoms with Crippen molar-refractivity contribution < 1.29 is 20.1 Å². The normalized spacial score (nSPS) is 14.5. The van der Waals surface area contributed by atoms with Gasteiger partial charge < -0.3 is 21.1 Å². The van der Waals surface area contributed by atoms with Crippen LogP contribution < -0.4 is 5.73 Å². The number of aryl methyl sites for hydroxylation is 2. The fraction of sp³-hybridized carbons (Fsp3) is 0.364. The number of rotatable bonds is 3. The number of anilines is 1. The molecule has 0 radical (unpaired) electrons.